The summed E-state index contributed by atoms with van der Waals surface area (Å²) in [5, 5.41) is 19.4. The third-order valence-electron chi connectivity index (χ3n) is 3.01. The van der Waals surface area contributed by atoms with Gasteiger partial charge in [-0.1, -0.05) is 0 Å². The van der Waals surface area contributed by atoms with Crippen molar-refractivity contribution in [2.75, 3.05) is 7.11 Å². The monoisotopic (exact) mass is 286 g/mol. The van der Waals surface area contributed by atoms with Gasteiger partial charge in [-0.05, 0) is 59.3 Å². The smallest absolute Gasteiger partial charge is 0.172 e. The molecule has 3 nitrogen and oxygen atoms in total. The molecular formula is C12H15BrO3. The molecule has 2 N–H and O–H groups in total. The highest BCUT2D eigenvalue weighted by Gasteiger charge is 2.39. The molecule has 2 rings (SSSR count). The number of phenolic OH excluding ortho intramolecular Hbond substituents is 1. The van der Waals surface area contributed by atoms with Gasteiger partial charge in [-0.15, -0.1) is 0 Å². The van der Waals surface area contributed by atoms with E-state index in [1.165, 1.54) is 7.11 Å². The number of ether oxygens (including phenoxy) is 1. The maximum absolute atomic E-state index is 9.75. The zero-order chi connectivity index (χ0) is 11.8. The van der Waals surface area contributed by atoms with Gasteiger partial charge >= 0.3 is 0 Å². The molecule has 1 aliphatic rings. The summed E-state index contributed by atoms with van der Waals surface area (Å²) < 4.78 is 5.70. The van der Waals surface area contributed by atoms with Crippen molar-refractivity contribution >= 4 is 15.9 Å². The summed E-state index contributed by atoms with van der Waals surface area (Å²) in [5.74, 6) is 0.587. The Morgan fingerprint density at radius 1 is 1.44 bits per heavy atom. The van der Waals surface area contributed by atoms with E-state index in [0.717, 1.165) is 31.2 Å². The lowest BCUT2D eigenvalue weighted by Gasteiger charge is -2.10. The lowest BCUT2D eigenvalue weighted by atomic mass is 10.1. The first-order valence-electron chi connectivity index (χ1n) is 5.32. The minimum absolute atomic E-state index is 0.122. The molecule has 0 spiro atoms. The zero-order valence-corrected chi connectivity index (χ0v) is 10.7. The highest BCUT2D eigenvalue weighted by atomic mass is 79.9. The van der Waals surface area contributed by atoms with Crippen molar-refractivity contribution in [1.82, 2.24) is 0 Å². The maximum Gasteiger partial charge on any atom is 0.172 e. The Bertz CT molecular complexity index is 399. The lowest BCUT2D eigenvalue weighted by Crippen LogP contribution is -2.07. The molecule has 1 fully saturated rings. The third-order valence-corrected chi connectivity index (χ3v) is 3.62. The first kappa shape index (κ1) is 11.7. The molecule has 0 saturated heterocycles. The van der Waals surface area contributed by atoms with E-state index >= 15 is 0 Å². The molecule has 0 heterocycles. The van der Waals surface area contributed by atoms with Gasteiger partial charge < -0.3 is 14.9 Å². The van der Waals surface area contributed by atoms with Gasteiger partial charge in [0.05, 0.1) is 17.2 Å². The van der Waals surface area contributed by atoms with Crippen LogP contribution in [-0.4, -0.2) is 22.9 Å². The van der Waals surface area contributed by atoms with Gasteiger partial charge in [0.15, 0.2) is 11.5 Å². The number of hydrogen-bond acceptors (Lipinski definition) is 3. The fourth-order valence-corrected chi connectivity index (χ4v) is 2.19. The topological polar surface area (TPSA) is 49.7 Å². The van der Waals surface area contributed by atoms with Crippen LogP contribution in [0.25, 0.3) is 0 Å². The Morgan fingerprint density at radius 2 is 2.12 bits per heavy atom. The molecule has 0 bridgehead atoms. The number of aromatic hydroxyl groups is 1. The van der Waals surface area contributed by atoms with Crippen molar-refractivity contribution in [3.05, 3.63) is 22.2 Å². The van der Waals surface area contributed by atoms with E-state index in [1.807, 2.05) is 12.1 Å². The third kappa shape index (κ3) is 2.50. The highest BCUT2D eigenvalue weighted by molar-refractivity contribution is 9.10. The van der Waals surface area contributed by atoms with Crippen LogP contribution in [0.15, 0.2) is 16.6 Å². The molecule has 0 aliphatic heterocycles. The molecule has 16 heavy (non-hydrogen) atoms. The summed E-state index contributed by atoms with van der Waals surface area (Å²) in [4.78, 5) is 0. The summed E-state index contributed by atoms with van der Waals surface area (Å²) in [7, 11) is 1.53. The molecule has 1 aromatic rings. The highest BCUT2D eigenvalue weighted by Crippen LogP contribution is 2.40. The molecule has 0 radical (unpaired) electrons. The van der Waals surface area contributed by atoms with Gasteiger partial charge in [0.1, 0.15) is 0 Å². The average Bonchev–Trinajstić information content (AvgIpc) is 2.99. The standard InChI is InChI=1S/C12H15BrO3/c1-16-10-7-8(6-9(13)11(10)14)2-3-12(15)4-5-12/h6-7,14-15H,2-5H2,1H3. The SMILES string of the molecule is COc1cc(CCC2(O)CC2)cc(Br)c1O. The molecule has 0 atom stereocenters. The van der Waals surface area contributed by atoms with Crippen LogP contribution < -0.4 is 4.74 Å². The normalized spacial score (nSPS) is 17.2. The molecule has 0 amide bonds. The van der Waals surface area contributed by atoms with E-state index in [0.29, 0.717) is 10.2 Å². The van der Waals surface area contributed by atoms with Crippen LogP contribution >= 0.6 is 15.9 Å². The molecule has 1 saturated carbocycles. The molecule has 1 aliphatic carbocycles. The summed E-state index contributed by atoms with van der Waals surface area (Å²) in [5.41, 5.74) is 0.624. The Kier molecular flexibility index (Phi) is 3.13. The molecule has 4 heteroatoms. The van der Waals surface area contributed by atoms with Gasteiger partial charge in [0.2, 0.25) is 0 Å². The largest absolute Gasteiger partial charge is 0.503 e. The van der Waals surface area contributed by atoms with Gasteiger partial charge in [0, 0.05) is 0 Å². The van der Waals surface area contributed by atoms with Crippen LogP contribution in [0.1, 0.15) is 24.8 Å². The van der Waals surface area contributed by atoms with Crippen LogP contribution in [0.3, 0.4) is 0 Å². The molecule has 1 aromatic carbocycles. The van der Waals surface area contributed by atoms with Gasteiger partial charge in [-0.2, -0.15) is 0 Å². The number of hydrogen-bond donors (Lipinski definition) is 2. The second-order valence-corrected chi connectivity index (χ2v) is 5.21. The van der Waals surface area contributed by atoms with E-state index in [-0.39, 0.29) is 5.75 Å². The van der Waals surface area contributed by atoms with Crippen molar-refractivity contribution in [2.45, 2.75) is 31.3 Å². The van der Waals surface area contributed by atoms with Crippen molar-refractivity contribution < 1.29 is 14.9 Å². The predicted molar refractivity (Wildman–Crippen MR) is 64.9 cm³/mol. The number of aryl methyl sites for hydroxylation is 1. The number of phenols is 1. The predicted octanol–water partition coefficient (Wildman–Crippen LogP) is 2.62. The Balaban J connectivity index is 2.11. The average molecular weight is 287 g/mol. The molecule has 0 unspecified atom stereocenters. The number of methoxy groups -OCH3 is 1. The zero-order valence-electron chi connectivity index (χ0n) is 9.16. The van der Waals surface area contributed by atoms with Gasteiger partial charge in [-0.3, -0.25) is 0 Å². The molecule has 0 aromatic heterocycles. The van der Waals surface area contributed by atoms with Crippen LogP contribution in [0.5, 0.6) is 11.5 Å². The Hall–Kier alpha value is -0.740. The van der Waals surface area contributed by atoms with Crippen molar-refractivity contribution in [3.8, 4) is 11.5 Å². The van der Waals surface area contributed by atoms with Crippen LogP contribution in [-0.2, 0) is 6.42 Å². The summed E-state index contributed by atoms with van der Waals surface area (Å²) >= 11 is 3.28. The first-order valence-corrected chi connectivity index (χ1v) is 6.11. The van der Waals surface area contributed by atoms with Gasteiger partial charge in [0.25, 0.3) is 0 Å². The Morgan fingerprint density at radius 3 is 2.69 bits per heavy atom. The van der Waals surface area contributed by atoms with E-state index in [2.05, 4.69) is 15.9 Å². The quantitative estimate of drug-likeness (QED) is 0.895. The number of halogens is 1. The number of rotatable bonds is 4. The fraction of sp³-hybridized carbons (Fsp3) is 0.500. The molecule has 88 valence electrons. The van der Waals surface area contributed by atoms with Crippen LogP contribution in [0, 0.1) is 0 Å². The number of benzene rings is 1. The molecular weight excluding hydrogens is 272 g/mol. The van der Waals surface area contributed by atoms with E-state index in [4.69, 9.17) is 4.74 Å². The van der Waals surface area contributed by atoms with E-state index in [9.17, 15) is 10.2 Å². The van der Waals surface area contributed by atoms with Crippen molar-refractivity contribution in [2.24, 2.45) is 0 Å². The second kappa shape index (κ2) is 4.26. The minimum atomic E-state index is -0.433. The van der Waals surface area contributed by atoms with E-state index in [1.54, 1.807) is 0 Å². The maximum atomic E-state index is 9.75. The van der Waals surface area contributed by atoms with Crippen LogP contribution in [0.2, 0.25) is 0 Å². The minimum Gasteiger partial charge on any atom is -0.503 e. The Labute approximate surface area is 103 Å². The first-order chi connectivity index (χ1) is 7.54. The number of aliphatic hydroxyl groups is 1. The second-order valence-electron chi connectivity index (χ2n) is 4.35. The summed E-state index contributed by atoms with van der Waals surface area (Å²) in [6.45, 7) is 0. The lowest BCUT2D eigenvalue weighted by molar-refractivity contribution is 0.140. The van der Waals surface area contributed by atoms with E-state index < -0.39 is 5.60 Å². The van der Waals surface area contributed by atoms with Crippen molar-refractivity contribution in [1.29, 1.82) is 0 Å². The van der Waals surface area contributed by atoms with Gasteiger partial charge in [-0.25, -0.2) is 0 Å². The summed E-state index contributed by atoms with van der Waals surface area (Å²) in [6, 6.07) is 3.68. The summed E-state index contributed by atoms with van der Waals surface area (Å²) in [6.07, 6.45) is 3.38. The van der Waals surface area contributed by atoms with Crippen molar-refractivity contribution in [3.63, 3.8) is 0 Å². The van der Waals surface area contributed by atoms with Crippen LogP contribution in [0.4, 0.5) is 0 Å². The fourth-order valence-electron chi connectivity index (χ4n) is 1.70.